The minimum Gasteiger partial charge on any atom is -0.355 e. The Labute approximate surface area is 91.4 Å². The standard InChI is InChI=1S/C11H21N3O/c1-14(10-6-12-7-10)8-11(15)13-5-9-3-2-4-9/h9-10,12H,2-8H2,1H3,(H,13,15). The van der Waals surface area contributed by atoms with Crippen molar-refractivity contribution in [2.75, 3.05) is 33.2 Å². The molecule has 4 nitrogen and oxygen atoms in total. The summed E-state index contributed by atoms with van der Waals surface area (Å²) in [6, 6.07) is 0.555. The van der Waals surface area contributed by atoms with Gasteiger partial charge in [0.1, 0.15) is 0 Å². The van der Waals surface area contributed by atoms with Crippen molar-refractivity contribution in [3.8, 4) is 0 Å². The van der Waals surface area contributed by atoms with Crippen LogP contribution in [0, 0.1) is 5.92 Å². The molecule has 15 heavy (non-hydrogen) atoms. The predicted octanol–water partition coefficient (Wildman–Crippen LogP) is -0.194. The minimum absolute atomic E-state index is 0.177. The molecule has 1 amide bonds. The average molecular weight is 211 g/mol. The fraction of sp³-hybridized carbons (Fsp3) is 0.909. The van der Waals surface area contributed by atoms with E-state index in [2.05, 4.69) is 15.5 Å². The smallest absolute Gasteiger partial charge is 0.234 e. The summed E-state index contributed by atoms with van der Waals surface area (Å²) >= 11 is 0. The maximum Gasteiger partial charge on any atom is 0.234 e. The molecule has 0 radical (unpaired) electrons. The summed E-state index contributed by atoms with van der Waals surface area (Å²) in [5, 5.41) is 6.23. The van der Waals surface area contributed by atoms with Crippen LogP contribution in [0.1, 0.15) is 19.3 Å². The van der Waals surface area contributed by atoms with Crippen LogP contribution in [0.5, 0.6) is 0 Å². The summed E-state index contributed by atoms with van der Waals surface area (Å²) in [6.45, 7) is 3.47. The second-order valence-corrected chi connectivity index (χ2v) is 4.83. The van der Waals surface area contributed by atoms with Crippen molar-refractivity contribution < 1.29 is 4.79 Å². The van der Waals surface area contributed by atoms with E-state index in [4.69, 9.17) is 0 Å². The highest BCUT2D eigenvalue weighted by atomic mass is 16.2. The zero-order valence-electron chi connectivity index (χ0n) is 9.46. The van der Waals surface area contributed by atoms with Crippen molar-refractivity contribution in [3.05, 3.63) is 0 Å². The summed E-state index contributed by atoms with van der Waals surface area (Å²) in [7, 11) is 2.02. The Hall–Kier alpha value is -0.610. The fourth-order valence-corrected chi connectivity index (χ4v) is 1.95. The highest BCUT2D eigenvalue weighted by molar-refractivity contribution is 5.78. The molecule has 2 rings (SSSR count). The molecule has 0 atom stereocenters. The number of nitrogens with zero attached hydrogens (tertiary/aromatic N) is 1. The maximum atomic E-state index is 11.6. The summed E-state index contributed by atoms with van der Waals surface area (Å²) in [5.74, 6) is 0.931. The SMILES string of the molecule is CN(CC(=O)NCC1CCC1)C1CNC1. The van der Waals surface area contributed by atoms with Gasteiger partial charge in [0.2, 0.25) is 5.91 Å². The highest BCUT2D eigenvalue weighted by Crippen LogP contribution is 2.25. The van der Waals surface area contributed by atoms with Crippen molar-refractivity contribution in [2.45, 2.75) is 25.3 Å². The van der Waals surface area contributed by atoms with Crippen LogP contribution in [0.15, 0.2) is 0 Å². The molecule has 0 aromatic heterocycles. The zero-order valence-corrected chi connectivity index (χ0v) is 9.46. The number of rotatable bonds is 5. The molecule has 2 N–H and O–H groups in total. The van der Waals surface area contributed by atoms with E-state index in [0.29, 0.717) is 12.6 Å². The van der Waals surface area contributed by atoms with E-state index in [1.807, 2.05) is 7.05 Å². The third-order valence-corrected chi connectivity index (χ3v) is 3.59. The van der Waals surface area contributed by atoms with Gasteiger partial charge in [0, 0.05) is 25.7 Å². The molecule has 1 aliphatic carbocycles. The van der Waals surface area contributed by atoms with Crippen molar-refractivity contribution >= 4 is 5.91 Å². The van der Waals surface area contributed by atoms with E-state index in [0.717, 1.165) is 25.6 Å². The molecule has 0 bridgehead atoms. The van der Waals surface area contributed by atoms with Crippen LogP contribution in [0.4, 0.5) is 0 Å². The van der Waals surface area contributed by atoms with Gasteiger partial charge in [0.25, 0.3) is 0 Å². The van der Waals surface area contributed by atoms with Crippen LogP contribution in [-0.2, 0) is 4.79 Å². The molecular formula is C11H21N3O. The van der Waals surface area contributed by atoms with Crippen LogP contribution in [0.2, 0.25) is 0 Å². The molecule has 0 aromatic rings. The number of hydrogen-bond acceptors (Lipinski definition) is 3. The molecular weight excluding hydrogens is 190 g/mol. The van der Waals surface area contributed by atoms with Crippen molar-refractivity contribution in [2.24, 2.45) is 5.92 Å². The Morgan fingerprint density at radius 2 is 2.20 bits per heavy atom. The second-order valence-electron chi connectivity index (χ2n) is 4.83. The zero-order chi connectivity index (χ0) is 10.7. The van der Waals surface area contributed by atoms with Gasteiger partial charge in [-0.05, 0) is 25.8 Å². The number of carbonyl (C=O) groups is 1. The second kappa shape index (κ2) is 4.94. The van der Waals surface area contributed by atoms with Crippen LogP contribution < -0.4 is 10.6 Å². The van der Waals surface area contributed by atoms with Gasteiger partial charge in [0.15, 0.2) is 0 Å². The molecule has 4 heteroatoms. The molecule has 86 valence electrons. The number of nitrogens with one attached hydrogen (secondary N) is 2. The van der Waals surface area contributed by atoms with Gasteiger partial charge in [-0.3, -0.25) is 9.69 Å². The van der Waals surface area contributed by atoms with E-state index < -0.39 is 0 Å². The first-order valence-corrected chi connectivity index (χ1v) is 5.93. The lowest BCUT2D eigenvalue weighted by molar-refractivity contribution is -0.123. The van der Waals surface area contributed by atoms with Gasteiger partial charge < -0.3 is 10.6 Å². The third kappa shape index (κ3) is 2.92. The lowest BCUT2D eigenvalue weighted by atomic mass is 9.85. The lowest BCUT2D eigenvalue weighted by Crippen LogP contribution is -2.57. The van der Waals surface area contributed by atoms with Gasteiger partial charge in [0.05, 0.1) is 6.54 Å². The van der Waals surface area contributed by atoms with Crippen LogP contribution >= 0.6 is 0 Å². The van der Waals surface area contributed by atoms with Crippen LogP contribution in [0.25, 0.3) is 0 Å². The van der Waals surface area contributed by atoms with Crippen LogP contribution in [-0.4, -0.2) is 50.1 Å². The number of likely N-dealkylation sites (N-methyl/N-ethyl adjacent to an activating group) is 1. The van der Waals surface area contributed by atoms with E-state index in [9.17, 15) is 4.79 Å². The molecule has 1 heterocycles. The Bertz CT molecular complexity index is 224. The van der Waals surface area contributed by atoms with E-state index in [1.165, 1.54) is 19.3 Å². The monoisotopic (exact) mass is 211 g/mol. The molecule has 0 aromatic carbocycles. The van der Waals surface area contributed by atoms with E-state index in [1.54, 1.807) is 0 Å². The lowest BCUT2D eigenvalue weighted by Gasteiger charge is -2.35. The molecule has 0 unspecified atom stereocenters. The van der Waals surface area contributed by atoms with Crippen molar-refractivity contribution in [1.29, 1.82) is 0 Å². The molecule has 0 spiro atoms. The van der Waals surface area contributed by atoms with Crippen molar-refractivity contribution in [3.63, 3.8) is 0 Å². The molecule has 1 saturated carbocycles. The number of amides is 1. The maximum absolute atomic E-state index is 11.6. The molecule has 2 fully saturated rings. The fourth-order valence-electron chi connectivity index (χ4n) is 1.95. The Morgan fingerprint density at radius 3 is 2.67 bits per heavy atom. The summed E-state index contributed by atoms with van der Waals surface area (Å²) in [4.78, 5) is 13.7. The summed E-state index contributed by atoms with van der Waals surface area (Å²) in [6.07, 6.45) is 3.93. The summed E-state index contributed by atoms with van der Waals surface area (Å²) < 4.78 is 0. The highest BCUT2D eigenvalue weighted by Gasteiger charge is 2.23. The molecule has 1 saturated heterocycles. The Kier molecular flexibility index (Phi) is 3.59. The molecule has 1 aliphatic heterocycles. The number of carbonyl (C=O) groups excluding carboxylic acids is 1. The third-order valence-electron chi connectivity index (χ3n) is 3.59. The number of hydrogen-bond donors (Lipinski definition) is 2. The first kappa shape index (κ1) is 10.9. The Balaban J connectivity index is 1.58. The molecule has 2 aliphatic rings. The average Bonchev–Trinajstić information content (AvgIpc) is 1.96. The first-order chi connectivity index (χ1) is 7.25. The first-order valence-electron chi connectivity index (χ1n) is 5.93. The normalized spacial score (nSPS) is 22.3. The van der Waals surface area contributed by atoms with Crippen molar-refractivity contribution in [1.82, 2.24) is 15.5 Å². The van der Waals surface area contributed by atoms with Gasteiger partial charge in [-0.2, -0.15) is 0 Å². The largest absolute Gasteiger partial charge is 0.355 e. The van der Waals surface area contributed by atoms with E-state index in [-0.39, 0.29) is 5.91 Å². The Morgan fingerprint density at radius 1 is 1.47 bits per heavy atom. The minimum atomic E-state index is 0.177. The quantitative estimate of drug-likeness (QED) is 0.662. The van der Waals surface area contributed by atoms with E-state index >= 15 is 0 Å². The predicted molar refractivity (Wildman–Crippen MR) is 59.6 cm³/mol. The van der Waals surface area contributed by atoms with Gasteiger partial charge >= 0.3 is 0 Å². The van der Waals surface area contributed by atoms with Gasteiger partial charge in [-0.15, -0.1) is 0 Å². The van der Waals surface area contributed by atoms with Crippen LogP contribution in [0.3, 0.4) is 0 Å². The van der Waals surface area contributed by atoms with Gasteiger partial charge in [-0.25, -0.2) is 0 Å². The van der Waals surface area contributed by atoms with Gasteiger partial charge in [-0.1, -0.05) is 6.42 Å². The summed E-state index contributed by atoms with van der Waals surface area (Å²) in [5.41, 5.74) is 0. The topological polar surface area (TPSA) is 44.4 Å².